The smallest absolute Gasteiger partial charge is 0.287 e. The Morgan fingerprint density at radius 1 is 1.09 bits per heavy atom. The Bertz CT molecular complexity index is 1160. The summed E-state index contributed by atoms with van der Waals surface area (Å²) in [7, 11) is 0. The first-order valence-electron chi connectivity index (χ1n) is 11.2. The maximum Gasteiger partial charge on any atom is 0.287 e. The van der Waals surface area contributed by atoms with Crippen LogP contribution < -0.4 is 10.6 Å². The van der Waals surface area contributed by atoms with Crippen LogP contribution in [-0.2, 0) is 4.79 Å². The number of thiazole rings is 1. The monoisotopic (exact) mass is 466 g/mol. The van der Waals surface area contributed by atoms with Crippen LogP contribution in [0.4, 0.5) is 5.13 Å². The molecule has 2 aromatic heterocycles. The van der Waals surface area contributed by atoms with Crippen LogP contribution in [-0.4, -0.2) is 47.4 Å². The van der Waals surface area contributed by atoms with Crippen molar-refractivity contribution in [1.82, 2.24) is 15.2 Å². The van der Waals surface area contributed by atoms with E-state index in [9.17, 15) is 9.59 Å². The highest BCUT2D eigenvalue weighted by atomic mass is 32.1. The second-order valence-electron chi connectivity index (χ2n) is 8.77. The summed E-state index contributed by atoms with van der Waals surface area (Å²) in [6, 6.07) is 7.88. The molecule has 3 aromatic rings. The second-order valence-corrected chi connectivity index (χ2v) is 9.63. The topological polar surface area (TPSA) is 87.5 Å². The maximum atomic E-state index is 12.6. The third kappa shape index (κ3) is 5.69. The molecule has 2 amide bonds. The van der Waals surface area contributed by atoms with Crippen molar-refractivity contribution in [2.45, 2.75) is 46.6 Å². The number of hydrogen-bond acceptors (Lipinski definition) is 6. The predicted octanol–water partition coefficient (Wildman–Crippen LogP) is 4.47. The van der Waals surface area contributed by atoms with Crippen LogP contribution in [0, 0.1) is 27.7 Å². The first-order valence-corrected chi connectivity index (χ1v) is 12.1. The van der Waals surface area contributed by atoms with Crippen molar-refractivity contribution in [2.75, 3.05) is 25.0 Å². The van der Waals surface area contributed by atoms with E-state index in [1.807, 2.05) is 12.3 Å². The summed E-state index contributed by atoms with van der Waals surface area (Å²) in [6.45, 7) is 9.92. The molecule has 3 heterocycles. The van der Waals surface area contributed by atoms with Gasteiger partial charge in [-0.1, -0.05) is 6.07 Å². The molecule has 1 aliphatic heterocycles. The number of aromatic nitrogens is 1. The molecule has 2 N–H and O–H groups in total. The Morgan fingerprint density at radius 2 is 1.82 bits per heavy atom. The van der Waals surface area contributed by atoms with Gasteiger partial charge in [0.2, 0.25) is 5.91 Å². The number of likely N-dealkylation sites (tertiary alicyclic amines) is 1. The summed E-state index contributed by atoms with van der Waals surface area (Å²) in [6.07, 6.45) is 1.60. The van der Waals surface area contributed by atoms with Gasteiger partial charge in [0.1, 0.15) is 5.76 Å². The van der Waals surface area contributed by atoms with Gasteiger partial charge in [0, 0.05) is 30.1 Å². The average Bonchev–Trinajstić information content (AvgIpc) is 3.41. The molecule has 0 atom stereocenters. The number of amides is 2. The molecule has 1 aliphatic rings. The van der Waals surface area contributed by atoms with Crippen molar-refractivity contribution < 1.29 is 14.0 Å². The Labute approximate surface area is 198 Å². The van der Waals surface area contributed by atoms with Crippen molar-refractivity contribution in [3.05, 3.63) is 57.9 Å². The summed E-state index contributed by atoms with van der Waals surface area (Å²) in [4.78, 5) is 31.6. The quantitative estimate of drug-likeness (QED) is 0.560. The number of furan rings is 1. The Balaban J connectivity index is 1.26. The largest absolute Gasteiger partial charge is 0.456 e. The normalized spacial score (nSPS) is 14.9. The van der Waals surface area contributed by atoms with Gasteiger partial charge in [-0.2, -0.15) is 0 Å². The van der Waals surface area contributed by atoms with Crippen molar-refractivity contribution in [3.8, 4) is 11.3 Å². The third-order valence-corrected chi connectivity index (χ3v) is 6.88. The molecular weight excluding hydrogens is 436 g/mol. The van der Waals surface area contributed by atoms with Gasteiger partial charge in [-0.25, -0.2) is 4.98 Å². The molecule has 4 rings (SSSR count). The Kier molecular flexibility index (Phi) is 6.95. The van der Waals surface area contributed by atoms with Gasteiger partial charge in [0.25, 0.3) is 5.91 Å². The van der Waals surface area contributed by atoms with Crippen LogP contribution in [0.3, 0.4) is 0 Å². The number of nitrogens with zero attached hydrogens (tertiary/aromatic N) is 2. The fourth-order valence-electron chi connectivity index (χ4n) is 4.10. The van der Waals surface area contributed by atoms with E-state index < -0.39 is 0 Å². The molecular formula is C25H30N4O3S. The van der Waals surface area contributed by atoms with Crippen LogP contribution in [0.1, 0.15) is 45.8 Å². The summed E-state index contributed by atoms with van der Waals surface area (Å²) >= 11 is 1.44. The van der Waals surface area contributed by atoms with Crippen LogP contribution in [0.5, 0.6) is 0 Å². The molecule has 0 unspecified atom stereocenters. The zero-order chi connectivity index (χ0) is 23.5. The third-order valence-electron chi connectivity index (χ3n) is 6.12. The summed E-state index contributed by atoms with van der Waals surface area (Å²) in [5, 5.41) is 8.56. The summed E-state index contributed by atoms with van der Waals surface area (Å²) in [5.41, 5.74) is 5.66. The van der Waals surface area contributed by atoms with E-state index >= 15 is 0 Å². The lowest BCUT2D eigenvalue weighted by Crippen LogP contribution is -2.46. The molecule has 0 aliphatic carbocycles. The zero-order valence-electron chi connectivity index (χ0n) is 19.5. The predicted molar refractivity (Wildman–Crippen MR) is 131 cm³/mol. The van der Waals surface area contributed by atoms with Crippen LogP contribution in [0.25, 0.3) is 11.3 Å². The maximum absolute atomic E-state index is 12.6. The number of piperidine rings is 1. The molecule has 33 heavy (non-hydrogen) atoms. The lowest BCUT2D eigenvalue weighted by molar-refractivity contribution is -0.117. The molecule has 0 saturated carbocycles. The van der Waals surface area contributed by atoms with E-state index in [1.54, 1.807) is 12.1 Å². The van der Waals surface area contributed by atoms with E-state index in [0.29, 0.717) is 17.4 Å². The average molecular weight is 467 g/mol. The van der Waals surface area contributed by atoms with Crippen molar-refractivity contribution in [1.29, 1.82) is 0 Å². The number of aryl methyl sites for hydroxylation is 4. The number of anilines is 1. The first-order chi connectivity index (χ1) is 15.8. The van der Waals surface area contributed by atoms with Crippen molar-refractivity contribution in [2.24, 2.45) is 0 Å². The molecule has 0 bridgehead atoms. The molecule has 7 nitrogen and oxygen atoms in total. The summed E-state index contributed by atoms with van der Waals surface area (Å²) in [5.74, 6) is 0.810. The van der Waals surface area contributed by atoms with Gasteiger partial charge < -0.3 is 15.1 Å². The molecule has 0 spiro atoms. The van der Waals surface area contributed by atoms with E-state index in [2.05, 4.69) is 53.4 Å². The number of carbonyl (C=O) groups excluding carboxylic acids is 2. The van der Waals surface area contributed by atoms with E-state index in [4.69, 9.17) is 4.42 Å². The Hall–Kier alpha value is -2.97. The van der Waals surface area contributed by atoms with E-state index in [-0.39, 0.29) is 17.9 Å². The summed E-state index contributed by atoms with van der Waals surface area (Å²) < 4.78 is 5.38. The number of nitrogens with one attached hydrogen (secondary N) is 2. The standard InChI is InChI=1S/C25H30N4O3S/c1-15-11-17(3)20(12-16(15)2)21-14-33-25(27-21)28-23(30)13-29-9-7-19(8-10-29)26-24(31)22-6-5-18(4)32-22/h5-6,11-12,14,19H,7-10,13H2,1-4H3,(H,26,31)(H,27,28,30). The van der Waals surface area contributed by atoms with Gasteiger partial charge in [-0.15, -0.1) is 11.3 Å². The van der Waals surface area contributed by atoms with Gasteiger partial charge in [-0.05, 0) is 75.4 Å². The zero-order valence-corrected chi connectivity index (χ0v) is 20.3. The van der Waals surface area contributed by atoms with E-state index in [0.717, 1.165) is 42.9 Å². The SMILES string of the molecule is Cc1ccc(C(=O)NC2CCN(CC(=O)Nc3nc(-c4cc(C)c(C)cc4C)cs3)CC2)o1. The van der Waals surface area contributed by atoms with Crippen LogP contribution in [0.2, 0.25) is 0 Å². The Morgan fingerprint density at radius 3 is 2.52 bits per heavy atom. The number of carbonyl (C=O) groups is 2. The lowest BCUT2D eigenvalue weighted by atomic mass is 9.99. The van der Waals surface area contributed by atoms with Crippen LogP contribution in [0.15, 0.2) is 34.1 Å². The highest BCUT2D eigenvalue weighted by Gasteiger charge is 2.23. The minimum Gasteiger partial charge on any atom is -0.456 e. The number of hydrogen-bond donors (Lipinski definition) is 2. The molecule has 1 aromatic carbocycles. The fraction of sp³-hybridized carbons (Fsp3) is 0.400. The van der Waals surface area contributed by atoms with Crippen molar-refractivity contribution in [3.63, 3.8) is 0 Å². The van der Waals surface area contributed by atoms with Gasteiger partial charge >= 0.3 is 0 Å². The highest BCUT2D eigenvalue weighted by Crippen LogP contribution is 2.29. The van der Waals surface area contributed by atoms with E-state index in [1.165, 1.54) is 28.0 Å². The van der Waals surface area contributed by atoms with Crippen molar-refractivity contribution >= 4 is 28.3 Å². The minimum absolute atomic E-state index is 0.0683. The minimum atomic E-state index is -0.183. The number of benzene rings is 1. The van der Waals surface area contributed by atoms with Gasteiger partial charge in [0.15, 0.2) is 10.9 Å². The molecule has 0 radical (unpaired) electrons. The fourth-order valence-corrected chi connectivity index (χ4v) is 4.83. The van der Waals surface area contributed by atoms with Gasteiger partial charge in [0.05, 0.1) is 12.2 Å². The first kappa shape index (κ1) is 23.2. The molecule has 1 fully saturated rings. The van der Waals surface area contributed by atoms with Gasteiger partial charge in [-0.3, -0.25) is 14.5 Å². The molecule has 1 saturated heterocycles. The molecule has 8 heteroatoms. The molecule has 174 valence electrons. The van der Waals surface area contributed by atoms with Crippen LogP contribution >= 0.6 is 11.3 Å². The number of rotatable bonds is 6. The second kappa shape index (κ2) is 9.89. The highest BCUT2D eigenvalue weighted by molar-refractivity contribution is 7.14. The lowest BCUT2D eigenvalue weighted by Gasteiger charge is -2.31.